The van der Waals surface area contributed by atoms with Crippen molar-refractivity contribution in [1.29, 1.82) is 0 Å². The van der Waals surface area contributed by atoms with Crippen LogP contribution in [0.25, 0.3) is 0 Å². The Kier molecular flexibility index (Phi) is 4.52. The van der Waals surface area contributed by atoms with Gasteiger partial charge in [-0.1, -0.05) is 36.8 Å². The van der Waals surface area contributed by atoms with Crippen molar-refractivity contribution in [2.75, 3.05) is 32.7 Å². The number of fused-ring (bicyclic) bond motifs is 1. The highest BCUT2D eigenvalue weighted by Crippen LogP contribution is 2.21. The third kappa shape index (κ3) is 3.58. The predicted octanol–water partition coefficient (Wildman–Crippen LogP) is 2.79. The molecule has 0 saturated carbocycles. The SMILES string of the molecule is c1ccc(CCN2CCCN3CCCCC3C2)cc1. The van der Waals surface area contributed by atoms with Gasteiger partial charge in [-0.25, -0.2) is 0 Å². The molecule has 2 heterocycles. The molecule has 1 aromatic rings. The molecule has 0 spiro atoms. The molecule has 2 saturated heterocycles. The fraction of sp³-hybridized carbons (Fsp3) is 0.647. The van der Waals surface area contributed by atoms with Gasteiger partial charge in [0.05, 0.1) is 0 Å². The Labute approximate surface area is 117 Å². The quantitative estimate of drug-likeness (QED) is 0.822. The van der Waals surface area contributed by atoms with Crippen LogP contribution in [-0.4, -0.2) is 48.6 Å². The average molecular weight is 258 g/mol. The Morgan fingerprint density at radius 3 is 2.68 bits per heavy atom. The third-order valence-electron chi connectivity index (χ3n) is 4.70. The third-order valence-corrected chi connectivity index (χ3v) is 4.70. The normalized spacial score (nSPS) is 25.8. The number of nitrogens with zero attached hydrogens (tertiary/aromatic N) is 2. The summed E-state index contributed by atoms with van der Waals surface area (Å²) in [4.78, 5) is 5.44. The molecule has 2 aliphatic heterocycles. The van der Waals surface area contributed by atoms with Crippen molar-refractivity contribution in [3.05, 3.63) is 35.9 Å². The molecule has 0 aliphatic carbocycles. The maximum atomic E-state index is 2.74. The van der Waals surface area contributed by atoms with Crippen LogP contribution in [0, 0.1) is 0 Å². The summed E-state index contributed by atoms with van der Waals surface area (Å²) in [5, 5.41) is 0. The highest BCUT2D eigenvalue weighted by Gasteiger charge is 2.26. The lowest BCUT2D eigenvalue weighted by Crippen LogP contribution is -2.44. The molecule has 0 radical (unpaired) electrons. The molecule has 0 N–H and O–H groups in total. The second-order valence-corrected chi connectivity index (χ2v) is 6.08. The topological polar surface area (TPSA) is 6.48 Å². The van der Waals surface area contributed by atoms with Crippen LogP contribution in [0.15, 0.2) is 30.3 Å². The summed E-state index contributed by atoms with van der Waals surface area (Å²) in [5.41, 5.74) is 1.48. The van der Waals surface area contributed by atoms with Gasteiger partial charge in [0.15, 0.2) is 0 Å². The first kappa shape index (κ1) is 13.1. The average Bonchev–Trinajstić information content (AvgIpc) is 2.68. The maximum Gasteiger partial charge on any atom is 0.0223 e. The molecule has 0 bridgehead atoms. The highest BCUT2D eigenvalue weighted by atomic mass is 15.2. The smallest absolute Gasteiger partial charge is 0.0223 e. The van der Waals surface area contributed by atoms with Gasteiger partial charge in [-0.3, -0.25) is 4.90 Å². The fourth-order valence-corrected chi connectivity index (χ4v) is 3.58. The summed E-state index contributed by atoms with van der Waals surface area (Å²) in [6, 6.07) is 11.8. The second kappa shape index (κ2) is 6.53. The molecular weight excluding hydrogens is 232 g/mol. The van der Waals surface area contributed by atoms with E-state index in [4.69, 9.17) is 0 Å². The van der Waals surface area contributed by atoms with Gasteiger partial charge in [0.2, 0.25) is 0 Å². The summed E-state index contributed by atoms with van der Waals surface area (Å²) >= 11 is 0. The second-order valence-electron chi connectivity index (χ2n) is 6.08. The molecule has 0 amide bonds. The van der Waals surface area contributed by atoms with Crippen molar-refractivity contribution >= 4 is 0 Å². The van der Waals surface area contributed by atoms with E-state index in [1.54, 1.807) is 0 Å². The Balaban J connectivity index is 1.53. The molecule has 2 fully saturated rings. The van der Waals surface area contributed by atoms with Gasteiger partial charge in [0.1, 0.15) is 0 Å². The van der Waals surface area contributed by atoms with Gasteiger partial charge in [-0.2, -0.15) is 0 Å². The molecular formula is C17H26N2. The largest absolute Gasteiger partial charge is 0.301 e. The lowest BCUT2D eigenvalue weighted by molar-refractivity contribution is 0.137. The van der Waals surface area contributed by atoms with Crippen LogP contribution in [0.1, 0.15) is 31.2 Å². The van der Waals surface area contributed by atoms with Crippen molar-refractivity contribution in [2.24, 2.45) is 0 Å². The van der Waals surface area contributed by atoms with Gasteiger partial charge in [-0.15, -0.1) is 0 Å². The molecule has 19 heavy (non-hydrogen) atoms. The van der Waals surface area contributed by atoms with E-state index < -0.39 is 0 Å². The number of rotatable bonds is 3. The van der Waals surface area contributed by atoms with Crippen molar-refractivity contribution in [3.63, 3.8) is 0 Å². The van der Waals surface area contributed by atoms with Gasteiger partial charge in [-0.05, 0) is 50.9 Å². The van der Waals surface area contributed by atoms with Crippen LogP contribution in [0.4, 0.5) is 0 Å². The molecule has 104 valence electrons. The van der Waals surface area contributed by atoms with Crippen LogP contribution in [-0.2, 0) is 6.42 Å². The molecule has 2 nitrogen and oxygen atoms in total. The lowest BCUT2D eigenvalue weighted by atomic mass is 10.0. The zero-order valence-corrected chi connectivity index (χ0v) is 11.9. The van der Waals surface area contributed by atoms with E-state index in [0.717, 1.165) is 6.04 Å². The molecule has 1 aromatic carbocycles. The zero-order chi connectivity index (χ0) is 12.9. The highest BCUT2D eigenvalue weighted by molar-refractivity contribution is 5.14. The van der Waals surface area contributed by atoms with E-state index >= 15 is 0 Å². The summed E-state index contributed by atoms with van der Waals surface area (Å²) in [7, 11) is 0. The van der Waals surface area contributed by atoms with Gasteiger partial charge < -0.3 is 4.90 Å². The van der Waals surface area contributed by atoms with E-state index in [0.29, 0.717) is 0 Å². The Morgan fingerprint density at radius 1 is 0.947 bits per heavy atom. The van der Waals surface area contributed by atoms with Gasteiger partial charge in [0, 0.05) is 19.1 Å². The minimum Gasteiger partial charge on any atom is -0.301 e. The number of hydrogen-bond acceptors (Lipinski definition) is 2. The predicted molar refractivity (Wildman–Crippen MR) is 80.4 cm³/mol. The Morgan fingerprint density at radius 2 is 1.79 bits per heavy atom. The van der Waals surface area contributed by atoms with Gasteiger partial charge in [0.25, 0.3) is 0 Å². The van der Waals surface area contributed by atoms with Crippen LogP contribution in [0.3, 0.4) is 0 Å². The van der Waals surface area contributed by atoms with Gasteiger partial charge >= 0.3 is 0 Å². The standard InChI is InChI=1S/C17H26N2/c1-2-7-16(8-3-1)10-14-18-11-6-13-19-12-5-4-9-17(19)15-18/h1-3,7-8,17H,4-6,9-15H2. The van der Waals surface area contributed by atoms with E-state index in [-0.39, 0.29) is 0 Å². The minimum absolute atomic E-state index is 0.840. The first-order chi connectivity index (χ1) is 9.42. The van der Waals surface area contributed by atoms with Crippen molar-refractivity contribution in [1.82, 2.24) is 9.80 Å². The monoisotopic (exact) mass is 258 g/mol. The summed E-state index contributed by atoms with van der Waals surface area (Å²) in [5.74, 6) is 0. The van der Waals surface area contributed by atoms with Crippen molar-refractivity contribution in [2.45, 2.75) is 38.1 Å². The van der Waals surface area contributed by atoms with E-state index in [1.807, 2.05) is 0 Å². The van der Waals surface area contributed by atoms with E-state index in [1.165, 1.54) is 70.4 Å². The minimum atomic E-state index is 0.840. The van der Waals surface area contributed by atoms with E-state index in [9.17, 15) is 0 Å². The summed E-state index contributed by atoms with van der Waals surface area (Å²) in [6.45, 7) is 6.49. The molecule has 3 rings (SSSR count). The fourth-order valence-electron chi connectivity index (χ4n) is 3.58. The van der Waals surface area contributed by atoms with Crippen LogP contribution < -0.4 is 0 Å². The lowest BCUT2D eigenvalue weighted by Gasteiger charge is -2.35. The maximum absolute atomic E-state index is 2.74. The van der Waals surface area contributed by atoms with Crippen LogP contribution in [0.5, 0.6) is 0 Å². The first-order valence-corrected chi connectivity index (χ1v) is 7.92. The van der Waals surface area contributed by atoms with Crippen molar-refractivity contribution in [3.8, 4) is 0 Å². The molecule has 1 atom stereocenters. The Bertz CT molecular complexity index is 376. The van der Waals surface area contributed by atoms with Crippen LogP contribution in [0.2, 0.25) is 0 Å². The molecule has 1 unspecified atom stereocenters. The van der Waals surface area contributed by atoms with E-state index in [2.05, 4.69) is 40.1 Å². The molecule has 2 aliphatic rings. The first-order valence-electron chi connectivity index (χ1n) is 7.92. The number of piperidine rings is 1. The molecule has 0 aromatic heterocycles. The zero-order valence-electron chi connectivity index (χ0n) is 11.9. The summed E-state index contributed by atoms with van der Waals surface area (Å²) in [6.07, 6.45) is 6.83. The van der Waals surface area contributed by atoms with Crippen molar-refractivity contribution < 1.29 is 0 Å². The molecule has 2 heteroatoms. The number of hydrogen-bond donors (Lipinski definition) is 0. The van der Waals surface area contributed by atoms with Crippen LogP contribution >= 0.6 is 0 Å². The number of benzene rings is 1. The summed E-state index contributed by atoms with van der Waals surface area (Å²) < 4.78 is 0. The Hall–Kier alpha value is -0.860.